The van der Waals surface area contributed by atoms with Gasteiger partial charge in [-0.15, -0.1) is 10.9 Å². The maximum absolute atomic E-state index is 2.45. The lowest BCUT2D eigenvalue weighted by Gasteiger charge is -2.54. The van der Waals surface area contributed by atoms with Crippen molar-refractivity contribution in [1.82, 2.24) is 0 Å². The summed E-state index contributed by atoms with van der Waals surface area (Å²) in [4.78, 5) is 0. The summed E-state index contributed by atoms with van der Waals surface area (Å²) in [5, 5.41) is 0. The van der Waals surface area contributed by atoms with Gasteiger partial charge in [-0.1, -0.05) is 140 Å². The molecule has 5 aromatic rings. The Labute approximate surface area is 247 Å². The zero-order valence-electron chi connectivity index (χ0n) is 26.2. The zero-order chi connectivity index (χ0) is 29.2. The van der Waals surface area contributed by atoms with E-state index in [1.807, 2.05) is 0 Å². The molecular weight excluding hydrogens is 490 g/mol. The molecule has 0 fully saturated rings. The third-order valence-electron chi connectivity index (χ3n) is 9.92. The normalized spacial score (nSPS) is 13.6. The second-order valence-corrected chi connectivity index (χ2v) is 13.0. The first kappa shape index (κ1) is 27.4. The molecule has 0 spiro atoms. The van der Waals surface area contributed by atoms with Crippen molar-refractivity contribution >= 4 is 51.1 Å². The van der Waals surface area contributed by atoms with Crippen LogP contribution in [0.25, 0.3) is 0 Å². The van der Waals surface area contributed by atoms with Crippen LogP contribution in [0.1, 0.15) is 50.1 Å². The molecule has 0 saturated carbocycles. The van der Waals surface area contributed by atoms with E-state index in [2.05, 4.69) is 147 Å². The van der Waals surface area contributed by atoms with E-state index >= 15 is 0 Å². The van der Waals surface area contributed by atoms with E-state index in [9.17, 15) is 0 Å². The second kappa shape index (κ2) is 9.95. The van der Waals surface area contributed by atoms with Crippen molar-refractivity contribution in [3.63, 3.8) is 0 Å². The van der Waals surface area contributed by atoms with Crippen molar-refractivity contribution < 1.29 is 0 Å². The lowest BCUT2D eigenvalue weighted by molar-refractivity contribution is 1.33. The molecule has 0 unspecified atom stereocenters. The highest BCUT2D eigenvalue weighted by molar-refractivity contribution is 7.26. The van der Waals surface area contributed by atoms with Gasteiger partial charge in [0.15, 0.2) is 0 Å². The summed E-state index contributed by atoms with van der Waals surface area (Å²) in [5.41, 5.74) is 22.5. The maximum Gasteiger partial charge on any atom is 0.235 e. The fourth-order valence-electron chi connectivity index (χ4n) is 9.14. The zero-order valence-corrected chi connectivity index (χ0v) is 26.2. The SMILES string of the molecule is Cc1cc(C)c(B2c3ccccc3[B-](c3c(C)cc(C)cc3C)(c3c(C)cc(C)cc3C)c3ccccc32)c(C)c1. The smallest absolute Gasteiger partial charge is 0.200 e. The molecule has 0 nitrogen and oxygen atoms in total. The van der Waals surface area contributed by atoms with Crippen LogP contribution in [0.4, 0.5) is 0 Å². The molecule has 1 aliphatic rings. The average Bonchev–Trinajstić information content (AvgIpc) is 2.88. The van der Waals surface area contributed by atoms with E-state index in [1.165, 1.54) is 88.3 Å². The number of hydrogen-bond donors (Lipinski definition) is 0. The predicted molar refractivity (Wildman–Crippen MR) is 184 cm³/mol. The molecular formula is C39H41B2-. The van der Waals surface area contributed by atoms with Gasteiger partial charge in [0.05, 0.1) is 0 Å². The van der Waals surface area contributed by atoms with Gasteiger partial charge >= 0.3 is 0 Å². The van der Waals surface area contributed by atoms with Gasteiger partial charge in [-0.3, -0.25) is 0 Å². The molecule has 0 amide bonds. The summed E-state index contributed by atoms with van der Waals surface area (Å²) in [6.07, 6.45) is -1.46. The van der Waals surface area contributed by atoms with Crippen LogP contribution in [0, 0.1) is 62.3 Å². The number of fused-ring (bicyclic) bond motifs is 2. The molecule has 0 aromatic heterocycles. The molecule has 41 heavy (non-hydrogen) atoms. The van der Waals surface area contributed by atoms with E-state index in [0.717, 1.165) is 0 Å². The van der Waals surface area contributed by atoms with Gasteiger partial charge in [-0.05, 0) is 62.3 Å². The lowest BCUT2D eigenvalue weighted by atomic mass is 9.05. The van der Waals surface area contributed by atoms with Crippen molar-refractivity contribution in [1.29, 1.82) is 0 Å². The van der Waals surface area contributed by atoms with Crippen LogP contribution in [-0.4, -0.2) is 12.9 Å². The Balaban J connectivity index is 1.87. The molecule has 5 aromatic carbocycles. The largest absolute Gasteiger partial charge is 0.235 e. The molecule has 1 heterocycles. The Morgan fingerprint density at radius 2 is 0.732 bits per heavy atom. The Bertz CT molecular complexity index is 1670. The van der Waals surface area contributed by atoms with E-state index in [-0.39, 0.29) is 6.71 Å². The Hall–Kier alpha value is -3.77. The minimum Gasteiger partial charge on any atom is -0.200 e. The van der Waals surface area contributed by atoms with Crippen molar-refractivity contribution in [3.8, 4) is 0 Å². The quantitative estimate of drug-likeness (QED) is 0.292. The first-order chi connectivity index (χ1) is 19.5. The number of benzene rings is 5. The van der Waals surface area contributed by atoms with Gasteiger partial charge in [0, 0.05) is 0 Å². The first-order valence-electron chi connectivity index (χ1n) is 15.1. The van der Waals surface area contributed by atoms with Gasteiger partial charge in [0.1, 0.15) is 6.15 Å². The van der Waals surface area contributed by atoms with Gasteiger partial charge in [-0.25, -0.2) is 0 Å². The molecule has 0 radical (unpaired) electrons. The predicted octanol–water partition coefficient (Wildman–Crippen LogP) is 4.67. The molecule has 2 heteroatoms. The van der Waals surface area contributed by atoms with E-state index < -0.39 is 6.15 Å². The molecule has 0 aliphatic carbocycles. The molecule has 1 aliphatic heterocycles. The summed E-state index contributed by atoms with van der Waals surface area (Å²) >= 11 is 0. The van der Waals surface area contributed by atoms with Crippen molar-refractivity contribution in [3.05, 3.63) is 135 Å². The first-order valence-corrected chi connectivity index (χ1v) is 15.1. The minimum absolute atomic E-state index is 0.190. The number of aryl methyl sites for hydroxylation is 9. The van der Waals surface area contributed by atoms with Crippen LogP contribution in [-0.2, 0) is 0 Å². The summed E-state index contributed by atoms with van der Waals surface area (Å²) in [5.74, 6) is 0. The Morgan fingerprint density at radius 1 is 0.415 bits per heavy atom. The van der Waals surface area contributed by atoms with Crippen molar-refractivity contribution in [2.45, 2.75) is 62.3 Å². The highest BCUT2D eigenvalue weighted by Gasteiger charge is 2.44. The third-order valence-corrected chi connectivity index (χ3v) is 9.92. The van der Waals surface area contributed by atoms with Gasteiger partial charge in [-0.2, -0.15) is 21.9 Å². The minimum atomic E-state index is -1.46. The molecule has 204 valence electrons. The number of hydrogen-bond acceptors (Lipinski definition) is 0. The topological polar surface area (TPSA) is 0 Å². The standard InChI is InChI=1S/C39H41B2/c1-24-18-27(4)37(28(5)19-24)40-33-14-10-12-16-35(33)41(36-17-13-11-15-34(36)40,38-29(6)20-25(2)21-30(38)7)39-31(8)22-26(3)23-32(39)9/h10-23H,1-9H3/q-1. The molecule has 0 saturated heterocycles. The van der Waals surface area contributed by atoms with E-state index in [4.69, 9.17) is 0 Å². The molecule has 0 N–H and O–H groups in total. The fourth-order valence-corrected chi connectivity index (χ4v) is 9.14. The Kier molecular flexibility index (Phi) is 6.65. The maximum atomic E-state index is 2.45. The van der Waals surface area contributed by atoms with Crippen LogP contribution in [0.15, 0.2) is 84.9 Å². The van der Waals surface area contributed by atoms with Crippen LogP contribution in [0.3, 0.4) is 0 Å². The van der Waals surface area contributed by atoms with E-state index in [1.54, 1.807) is 0 Å². The van der Waals surface area contributed by atoms with Gasteiger partial charge < -0.3 is 0 Å². The highest BCUT2D eigenvalue weighted by atomic mass is 14.2. The second-order valence-electron chi connectivity index (χ2n) is 13.0. The third kappa shape index (κ3) is 4.06. The monoisotopic (exact) mass is 531 g/mol. The summed E-state index contributed by atoms with van der Waals surface area (Å²) in [6.45, 7) is 20.8. The lowest BCUT2D eigenvalue weighted by Crippen LogP contribution is -2.88. The van der Waals surface area contributed by atoms with Gasteiger partial charge in [0.25, 0.3) is 0 Å². The fraction of sp³-hybridized carbons (Fsp3) is 0.231. The molecule has 0 bridgehead atoms. The van der Waals surface area contributed by atoms with Crippen LogP contribution >= 0.6 is 0 Å². The molecule has 0 atom stereocenters. The van der Waals surface area contributed by atoms with Crippen LogP contribution < -0.4 is 38.2 Å². The summed E-state index contributed by atoms with van der Waals surface area (Å²) in [6, 6.07) is 33.1. The van der Waals surface area contributed by atoms with Crippen molar-refractivity contribution in [2.75, 3.05) is 0 Å². The Morgan fingerprint density at radius 3 is 1.10 bits per heavy atom. The van der Waals surface area contributed by atoms with Crippen LogP contribution in [0.5, 0.6) is 0 Å². The number of rotatable bonds is 3. The summed E-state index contributed by atoms with van der Waals surface area (Å²) < 4.78 is 0. The van der Waals surface area contributed by atoms with E-state index in [0.29, 0.717) is 0 Å². The van der Waals surface area contributed by atoms with Crippen LogP contribution in [0.2, 0.25) is 0 Å². The van der Waals surface area contributed by atoms with Crippen molar-refractivity contribution in [2.24, 2.45) is 0 Å². The molecule has 6 rings (SSSR count). The average molecular weight is 531 g/mol. The highest BCUT2D eigenvalue weighted by Crippen LogP contribution is 2.22. The summed E-state index contributed by atoms with van der Waals surface area (Å²) in [7, 11) is 0. The van der Waals surface area contributed by atoms with Gasteiger partial charge in [0.2, 0.25) is 6.71 Å².